The van der Waals surface area contributed by atoms with Gasteiger partial charge in [-0.15, -0.1) is 0 Å². The molecule has 0 unspecified atom stereocenters. The highest BCUT2D eigenvalue weighted by atomic mass is 79.9. The molecule has 2 rings (SSSR count). The number of rotatable bonds is 4. The second kappa shape index (κ2) is 6.31. The van der Waals surface area contributed by atoms with Gasteiger partial charge in [0.05, 0.1) is 31.2 Å². The minimum atomic E-state index is 0.554. The minimum Gasteiger partial charge on any atom is -0.497 e. The molecule has 0 atom stereocenters. The summed E-state index contributed by atoms with van der Waals surface area (Å²) >= 11 is 3.40. The molecule has 0 saturated carbocycles. The molecule has 0 aliphatic carbocycles. The SMILES string of the molecule is COc1ccc(OC)c(Nc2cc(Br)ccc2C#N)c1. The van der Waals surface area contributed by atoms with Gasteiger partial charge in [-0.1, -0.05) is 15.9 Å². The third-order valence-corrected chi connectivity index (χ3v) is 3.27. The van der Waals surface area contributed by atoms with E-state index < -0.39 is 0 Å². The number of hydrogen-bond donors (Lipinski definition) is 1. The van der Waals surface area contributed by atoms with Gasteiger partial charge in [0, 0.05) is 10.5 Å². The summed E-state index contributed by atoms with van der Waals surface area (Å²) in [6, 6.07) is 13.0. The number of anilines is 2. The molecular weight excluding hydrogens is 320 g/mol. The Hall–Kier alpha value is -2.19. The second-order valence-electron chi connectivity index (χ2n) is 3.99. The van der Waals surface area contributed by atoms with Crippen molar-refractivity contribution in [3.63, 3.8) is 0 Å². The topological polar surface area (TPSA) is 54.3 Å². The van der Waals surface area contributed by atoms with E-state index in [4.69, 9.17) is 14.7 Å². The van der Waals surface area contributed by atoms with Crippen molar-refractivity contribution >= 4 is 27.3 Å². The van der Waals surface area contributed by atoms with E-state index in [9.17, 15) is 0 Å². The summed E-state index contributed by atoms with van der Waals surface area (Å²) in [6.07, 6.45) is 0. The van der Waals surface area contributed by atoms with Crippen LogP contribution in [0, 0.1) is 11.3 Å². The Labute approximate surface area is 126 Å². The van der Waals surface area contributed by atoms with Gasteiger partial charge in [-0.3, -0.25) is 0 Å². The lowest BCUT2D eigenvalue weighted by Gasteiger charge is -2.13. The average molecular weight is 333 g/mol. The van der Waals surface area contributed by atoms with Crippen molar-refractivity contribution in [1.29, 1.82) is 5.26 Å². The summed E-state index contributed by atoms with van der Waals surface area (Å²) < 4.78 is 11.4. The maximum Gasteiger partial charge on any atom is 0.142 e. The van der Waals surface area contributed by atoms with E-state index in [2.05, 4.69) is 27.3 Å². The number of ether oxygens (including phenoxy) is 2. The van der Waals surface area contributed by atoms with Crippen molar-refractivity contribution in [3.05, 3.63) is 46.4 Å². The monoisotopic (exact) mass is 332 g/mol. The molecule has 0 saturated heterocycles. The molecule has 102 valence electrons. The fraction of sp³-hybridized carbons (Fsp3) is 0.133. The number of nitrogens with one attached hydrogen (secondary N) is 1. The third-order valence-electron chi connectivity index (χ3n) is 2.78. The average Bonchev–Trinajstić information content (AvgIpc) is 2.47. The molecule has 20 heavy (non-hydrogen) atoms. The summed E-state index contributed by atoms with van der Waals surface area (Å²) in [5.74, 6) is 1.39. The Kier molecular flexibility index (Phi) is 4.49. The molecule has 0 amide bonds. The van der Waals surface area contributed by atoms with Crippen LogP contribution in [-0.4, -0.2) is 14.2 Å². The molecule has 0 radical (unpaired) electrons. The molecule has 0 aliphatic rings. The van der Waals surface area contributed by atoms with Gasteiger partial charge in [-0.05, 0) is 30.3 Å². The van der Waals surface area contributed by atoms with E-state index in [0.717, 1.165) is 10.2 Å². The number of nitriles is 1. The summed E-state index contributed by atoms with van der Waals surface area (Å²) in [5.41, 5.74) is 1.99. The van der Waals surface area contributed by atoms with E-state index in [0.29, 0.717) is 22.7 Å². The van der Waals surface area contributed by atoms with E-state index in [-0.39, 0.29) is 0 Å². The maximum atomic E-state index is 9.15. The highest BCUT2D eigenvalue weighted by Gasteiger charge is 2.08. The number of hydrogen-bond acceptors (Lipinski definition) is 4. The Balaban J connectivity index is 2.43. The van der Waals surface area contributed by atoms with Crippen molar-refractivity contribution < 1.29 is 9.47 Å². The van der Waals surface area contributed by atoms with Gasteiger partial charge in [0.15, 0.2) is 0 Å². The van der Waals surface area contributed by atoms with Crippen LogP contribution in [0.5, 0.6) is 11.5 Å². The first-order valence-corrected chi connectivity index (χ1v) is 6.66. The Bertz CT molecular complexity index is 665. The Morgan fingerprint density at radius 3 is 2.50 bits per heavy atom. The Morgan fingerprint density at radius 1 is 1.05 bits per heavy atom. The van der Waals surface area contributed by atoms with Crippen LogP contribution < -0.4 is 14.8 Å². The highest BCUT2D eigenvalue weighted by molar-refractivity contribution is 9.10. The molecule has 0 aliphatic heterocycles. The normalized spacial score (nSPS) is 9.70. The van der Waals surface area contributed by atoms with Crippen molar-refractivity contribution in [1.82, 2.24) is 0 Å². The number of methoxy groups -OCH3 is 2. The van der Waals surface area contributed by atoms with Crippen LogP contribution in [0.3, 0.4) is 0 Å². The summed E-state index contributed by atoms with van der Waals surface area (Å²) in [4.78, 5) is 0. The molecule has 1 N–H and O–H groups in total. The van der Waals surface area contributed by atoms with Gasteiger partial charge in [0.2, 0.25) is 0 Å². The van der Waals surface area contributed by atoms with Crippen molar-refractivity contribution in [3.8, 4) is 17.6 Å². The smallest absolute Gasteiger partial charge is 0.142 e. The van der Waals surface area contributed by atoms with Crippen LogP contribution in [0.2, 0.25) is 0 Å². The van der Waals surface area contributed by atoms with Gasteiger partial charge in [-0.2, -0.15) is 5.26 Å². The van der Waals surface area contributed by atoms with Gasteiger partial charge in [0.25, 0.3) is 0 Å². The molecule has 0 heterocycles. The van der Waals surface area contributed by atoms with E-state index in [1.807, 2.05) is 30.3 Å². The lowest BCUT2D eigenvalue weighted by molar-refractivity contribution is 0.405. The van der Waals surface area contributed by atoms with Crippen LogP contribution in [-0.2, 0) is 0 Å². The molecule has 0 spiro atoms. The predicted molar refractivity (Wildman–Crippen MR) is 81.7 cm³/mol. The van der Waals surface area contributed by atoms with Crippen LogP contribution in [0.15, 0.2) is 40.9 Å². The molecule has 2 aromatic carbocycles. The van der Waals surface area contributed by atoms with Gasteiger partial charge in [0.1, 0.15) is 17.6 Å². The van der Waals surface area contributed by atoms with Gasteiger partial charge in [-0.25, -0.2) is 0 Å². The van der Waals surface area contributed by atoms with Crippen molar-refractivity contribution in [2.75, 3.05) is 19.5 Å². The fourth-order valence-electron chi connectivity index (χ4n) is 1.77. The van der Waals surface area contributed by atoms with Crippen molar-refractivity contribution in [2.45, 2.75) is 0 Å². The third kappa shape index (κ3) is 3.03. The van der Waals surface area contributed by atoms with E-state index >= 15 is 0 Å². The molecule has 5 heteroatoms. The zero-order chi connectivity index (χ0) is 14.5. The highest BCUT2D eigenvalue weighted by Crippen LogP contribution is 2.33. The van der Waals surface area contributed by atoms with Gasteiger partial charge < -0.3 is 14.8 Å². The molecule has 4 nitrogen and oxygen atoms in total. The quantitative estimate of drug-likeness (QED) is 0.916. The zero-order valence-corrected chi connectivity index (χ0v) is 12.7. The molecule has 0 fully saturated rings. The fourth-order valence-corrected chi connectivity index (χ4v) is 2.14. The largest absolute Gasteiger partial charge is 0.497 e. The van der Waals surface area contributed by atoms with Crippen molar-refractivity contribution in [2.24, 2.45) is 0 Å². The first-order valence-electron chi connectivity index (χ1n) is 5.86. The van der Waals surface area contributed by atoms with Crippen LogP contribution in [0.4, 0.5) is 11.4 Å². The molecule has 0 aromatic heterocycles. The Morgan fingerprint density at radius 2 is 1.85 bits per heavy atom. The van der Waals surface area contributed by atoms with Crippen LogP contribution in [0.1, 0.15) is 5.56 Å². The van der Waals surface area contributed by atoms with Gasteiger partial charge >= 0.3 is 0 Å². The standard InChI is InChI=1S/C15H13BrN2O2/c1-19-12-5-6-15(20-2)14(8-12)18-13-7-11(16)4-3-10(13)9-17/h3-8,18H,1-2H3. The molecule has 0 bridgehead atoms. The summed E-state index contributed by atoms with van der Waals surface area (Å²) in [7, 11) is 3.20. The molecule has 2 aromatic rings. The predicted octanol–water partition coefficient (Wildman–Crippen LogP) is 4.08. The zero-order valence-electron chi connectivity index (χ0n) is 11.1. The maximum absolute atomic E-state index is 9.15. The number of nitrogens with zero attached hydrogens (tertiary/aromatic N) is 1. The number of benzene rings is 2. The first kappa shape index (κ1) is 14.2. The molecular formula is C15H13BrN2O2. The minimum absolute atomic E-state index is 0.554. The van der Waals surface area contributed by atoms with E-state index in [1.165, 1.54) is 0 Å². The number of halogens is 1. The van der Waals surface area contributed by atoms with Crippen LogP contribution >= 0.6 is 15.9 Å². The summed E-state index contributed by atoms with van der Waals surface area (Å²) in [5, 5.41) is 12.4. The lowest BCUT2D eigenvalue weighted by Crippen LogP contribution is -1.97. The summed E-state index contributed by atoms with van der Waals surface area (Å²) in [6.45, 7) is 0. The van der Waals surface area contributed by atoms with Crippen LogP contribution in [0.25, 0.3) is 0 Å². The lowest BCUT2D eigenvalue weighted by atomic mass is 10.2. The van der Waals surface area contributed by atoms with E-state index in [1.54, 1.807) is 20.3 Å². The second-order valence-corrected chi connectivity index (χ2v) is 4.91. The first-order chi connectivity index (χ1) is 9.67.